The smallest absolute Gasteiger partial charge is 0.267 e. The van der Waals surface area contributed by atoms with E-state index in [4.69, 9.17) is 0 Å². The van der Waals surface area contributed by atoms with Crippen LogP contribution in [0.1, 0.15) is 11.1 Å². The molecule has 0 radical (unpaired) electrons. The third kappa shape index (κ3) is 4.26. The zero-order valence-electron chi connectivity index (χ0n) is 14.5. The van der Waals surface area contributed by atoms with Crippen molar-refractivity contribution < 1.29 is 4.79 Å². The van der Waals surface area contributed by atoms with Crippen LogP contribution in [-0.2, 0) is 11.3 Å². The van der Waals surface area contributed by atoms with Crippen molar-refractivity contribution in [1.29, 1.82) is 0 Å². The lowest BCUT2D eigenvalue weighted by Gasteiger charge is -2.10. The Morgan fingerprint density at radius 1 is 1.12 bits per heavy atom. The molecule has 0 spiro atoms. The van der Waals surface area contributed by atoms with Crippen molar-refractivity contribution in [3.63, 3.8) is 0 Å². The third-order valence-corrected chi connectivity index (χ3v) is 4.43. The van der Waals surface area contributed by atoms with Crippen molar-refractivity contribution >= 4 is 27.5 Å². The van der Waals surface area contributed by atoms with Crippen LogP contribution >= 0.6 is 15.9 Å². The molecule has 3 rings (SSSR count). The molecule has 1 heterocycles. The number of benzene rings is 2. The van der Waals surface area contributed by atoms with Crippen molar-refractivity contribution in [3.8, 4) is 11.3 Å². The van der Waals surface area contributed by atoms with Crippen molar-refractivity contribution in [2.75, 3.05) is 5.32 Å². The van der Waals surface area contributed by atoms with E-state index in [1.54, 1.807) is 6.07 Å². The molecule has 0 atom stereocenters. The molecule has 0 aliphatic carbocycles. The average Bonchev–Trinajstić information content (AvgIpc) is 2.59. The van der Waals surface area contributed by atoms with Gasteiger partial charge in [-0.15, -0.1) is 0 Å². The van der Waals surface area contributed by atoms with Crippen LogP contribution in [0.15, 0.2) is 63.9 Å². The molecule has 2 aromatic carbocycles. The molecule has 132 valence electrons. The van der Waals surface area contributed by atoms with Crippen LogP contribution in [-0.4, -0.2) is 15.7 Å². The van der Waals surface area contributed by atoms with Gasteiger partial charge in [-0.05, 0) is 43.7 Å². The van der Waals surface area contributed by atoms with E-state index in [9.17, 15) is 9.59 Å². The van der Waals surface area contributed by atoms with E-state index < -0.39 is 0 Å². The topological polar surface area (TPSA) is 64.0 Å². The Hall–Kier alpha value is -2.73. The van der Waals surface area contributed by atoms with Crippen LogP contribution < -0.4 is 10.9 Å². The fourth-order valence-electron chi connectivity index (χ4n) is 2.64. The van der Waals surface area contributed by atoms with Crippen molar-refractivity contribution in [2.24, 2.45) is 0 Å². The molecule has 0 aliphatic rings. The summed E-state index contributed by atoms with van der Waals surface area (Å²) in [7, 11) is 0. The Kier molecular flexibility index (Phi) is 5.32. The summed E-state index contributed by atoms with van der Waals surface area (Å²) in [5, 5.41) is 7.16. The van der Waals surface area contributed by atoms with Gasteiger partial charge in [0, 0.05) is 21.8 Å². The van der Waals surface area contributed by atoms with Gasteiger partial charge >= 0.3 is 0 Å². The fourth-order valence-corrected chi connectivity index (χ4v) is 3.04. The minimum absolute atomic E-state index is 0.145. The summed E-state index contributed by atoms with van der Waals surface area (Å²) in [6.45, 7) is 3.78. The predicted molar refractivity (Wildman–Crippen MR) is 106 cm³/mol. The highest BCUT2D eigenvalue weighted by atomic mass is 79.9. The van der Waals surface area contributed by atoms with Crippen molar-refractivity contribution in [1.82, 2.24) is 9.78 Å². The summed E-state index contributed by atoms with van der Waals surface area (Å²) in [6.07, 6.45) is 0. The highest BCUT2D eigenvalue weighted by Gasteiger charge is 2.10. The molecule has 5 nitrogen and oxygen atoms in total. The molecule has 0 saturated carbocycles. The van der Waals surface area contributed by atoms with E-state index in [1.165, 1.54) is 10.7 Å². The largest absolute Gasteiger partial charge is 0.324 e. The Labute approximate surface area is 159 Å². The van der Waals surface area contributed by atoms with E-state index in [1.807, 2.05) is 56.3 Å². The lowest BCUT2D eigenvalue weighted by Crippen LogP contribution is -2.29. The number of nitrogens with one attached hydrogen (secondary N) is 1. The second-order valence-corrected chi connectivity index (χ2v) is 7.01. The van der Waals surface area contributed by atoms with E-state index in [2.05, 4.69) is 26.3 Å². The molecular weight excluding hydrogens is 394 g/mol. The standard InChI is InChI=1S/C20H18BrN3O2/c1-13-6-7-17(14(2)10-13)22-19(25)12-24-20(26)9-8-18(23-24)15-4-3-5-16(21)11-15/h3-11H,12H2,1-2H3,(H,22,25). The van der Waals surface area contributed by atoms with Crippen molar-refractivity contribution in [2.45, 2.75) is 20.4 Å². The van der Waals surface area contributed by atoms with Crippen LogP contribution in [0.5, 0.6) is 0 Å². The first kappa shape index (κ1) is 18.1. The van der Waals surface area contributed by atoms with Gasteiger partial charge in [-0.3, -0.25) is 9.59 Å². The summed E-state index contributed by atoms with van der Waals surface area (Å²) < 4.78 is 2.09. The predicted octanol–water partition coefficient (Wildman–Crippen LogP) is 3.93. The number of hydrogen-bond donors (Lipinski definition) is 1. The highest BCUT2D eigenvalue weighted by Crippen LogP contribution is 2.20. The Morgan fingerprint density at radius 3 is 2.65 bits per heavy atom. The quantitative estimate of drug-likeness (QED) is 0.707. The SMILES string of the molecule is Cc1ccc(NC(=O)Cn2nc(-c3cccc(Br)c3)ccc2=O)c(C)c1. The van der Waals surface area contributed by atoms with Gasteiger partial charge in [0.25, 0.3) is 5.56 Å². The molecule has 0 aliphatic heterocycles. The number of anilines is 1. The number of hydrogen-bond acceptors (Lipinski definition) is 3. The number of amides is 1. The number of halogens is 1. The maximum absolute atomic E-state index is 12.4. The Balaban J connectivity index is 1.82. The highest BCUT2D eigenvalue weighted by molar-refractivity contribution is 9.10. The van der Waals surface area contributed by atoms with Gasteiger partial charge in [-0.2, -0.15) is 5.10 Å². The number of carbonyl (C=O) groups excluding carboxylic acids is 1. The van der Waals surface area contributed by atoms with E-state index in [0.717, 1.165) is 26.9 Å². The zero-order valence-corrected chi connectivity index (χ0v) is 16.1. The van der Waals surface area contributed by atoms with Crippen LogP contribution in [0.3, 0.4) is 0 Å². The fraction of sp³-hybridized carbons (Fsp3) is 0.150. The number of carbonyl (C=O) groups is 1. The van der Waals surface area contributed by atoms with Gasteiger partial charge < -0.3 is 5.32 Å². The van der Waals surface area contributed by atoms with Gasteiger partial charge in [0.15, 0.2) is 0 Å². The zero-order chi connectivity index (χ0) is 18.7. The van der Waals surface area contributed by atoms with Crippen molar-refractivity contribution in [3.05, 3.63) is 80.6 Å². The van der Waals surface area contributed by atoms with E-state index in [0.29, 0.717) is 5.69 Å². The molecule has 6 heteroatoms. The maximum atomic E-state index is 12.4. The lowest BCUT2D eigenvalue weighted by atomic mass is 10.1. The summed E-state index contributed by atoms with van der Waals surface area (Å²) >= 11 is 3.42. The minimum atomic E-state index is -0.320. The first-order valence-corrected chi connectivity index (χ1v) is 8.93. The molecular formula is C20H18BrN3O2. The van der Waals surface area contributed by atoms with E-state index >= 15 is 0 Å². The van der Waals surface area contributed by atoms with Gasteiger partial charge in [0.1, 0.15) is 6.54 Å². The van der Waals surface area contributed by atoms with Gasteiger partial charge in [0.2, 0.25) is 5.91 Å². The second-order valence-electron chi connectivity index (χ2n) is 6.09. The summed E-state index contributed by atoms with van der Waals surface area (Å²) in [5.41, 5.74) is 4.01. The molecule has 26 heavy (non-hydrogen) atoms. The molecule has 1 amide bonds. The first-order valence-electron chi connectivity index (χ1n) is 8.13. The normalized spacial score (nSPS) is 10.6. The summed E-state index contributed by atoms with van der Waals surface area (Å²) in [4.78, 5) is 24.4. The summed E-state index contributed by atoms with van der Waals surface area (Å²) in [5.74, 6) is -0.294. The molecule has 0 bridgehead atoms. The number of aromatic nitrogens is 2. The van der Waals surface area contributed by atoms with Crippen LogP contribution in [0.25, 0.3) is 11.3 Å². The van der Waals surface area contributed by atoms with Crippen LogP contribution in [0.2, 0.25) is 0 Å². The number of aryl methyl sites for hydroxylation is 2. The molecule has 1 N–H and O–H groups in total. The Bertz CT molecular complexity index is 1030. The maximum Gasteiger partial charge on any atom is 0.267 e. The minimum Gasteiger partial charge on any atom is -0.324 e. The lowest BCUT2D eigenvalue weighted by molar-refractivity contribution is -0.117. The monoisotopic (exact) mass is 411 g/mol. The van der Waals surface area contributed by atoms with Crippen LogP contribution in [0, 0.1) is 13.8 Å². The van der Waals surface area contributed by atoms with Gasteiger partial charge in [-0.25, -0.2) is 4.68 Å². The molecule has 3 aromatic rings. The van der Waals surface area contributed by atoms with Gasteiger partial charge in [0.05, 0.1) is 5.69 Å². The summed E-state index contributed by atoms with van der Waals surface area (Å²) in [6, 6.07) is 16.5. The molecule has 0 saturated heterocycles. The molecule has 0 unspecified atom stereocenters. The molecule has 0 fully saturated rings. The second kappa shape index (κ2) is 7.66. The third-order valence-electron chi connectivity index (χ3n) is 3.94. The Morgan fingerprint density at radius 2 is 1.92 bits per heavy atom. The number of nitrogens with zero attached hydrogens (tertiary/aromatic N) is 2. The average molecular weight is 412 g/mol. The van der Waals surface area contributed by atoms with Crippen LogP contribution in [0.4, 0.5) is 5.69 Å². The molecule has 1 aromatic heterocycles. The first-order chi connectivity index (χ1) is 12.4. The van der Waals surface area contributed by atoms with E-state index in [-0.39, 0.29) is 18.0 Å². The van der Waals surface area contributed by atoms with Gasteiger partial charge in [-0.1, -0.05) is 45.8 Å². The number of rotatable bonds is 4.